The SMILES string of the molecule is CCCCN1C(=O)[C@H](C(=O)OCC)[C@@H](c2ccco2)n2c1nc1ccccc12. The van der Waals surface area contributed by atoms with E-state index < -0.39 is 17.9 Å². The molecule has 0 spiro atoms. The monoisotopic (exact) mass is 381 g/mol. The number of esters is 1. The third kappa shape index (κ3) is 2.87. The highest BCUT2D eigenvalue weighted by Crippen LogP contribution is 2.41. The molecule has 0 saturated heterocycles. The molecular weight excluding hydrogens is 358 g/mol. The van der Waals surface area contributed by atoms with Gasteiger partial charge in [-0.25, -0.2) is 4.98 Å². The van der Waals surface area contributed by atoms with Crippen molar-refractivity contribution in [1.82, 2.24) is 9.55 Å². The van der Waals surface area contributed by atoms with Gasteiger partial charge in [0, 0.05) is 6.54 Å². The molecule has 1 aliphatic rings. The maximum atomic E-state index is 13.4. The number of ether oxygens (including phenoxy) is 1. The molecule has 0 radical (unpaired) electrons. The van der Waals surface area contributed by atoms with Crippen molar-refractivity contribution in [2.45, 2.75) is 32.7 Å². The molecule has 2 aromatic heterocycles. The van der Waals surface area contributed by atoms with Gasteiger partial charge in [-0.2, -0.15) is 0 Å². The predicted molar refractivity (Wildman–Crippen MR) is 104 cm³/mol. The first-order valence-corrected chi connectivity index (χ1v) is 9.65. The average molecular weight is 381 g/mol. The number of amides is 1. The molecule has 1 aromatic carbocycles. The lowest BCUT2D eigenvalue weighted by atomic mass is 9.93. The van der Waals surface area contributed by atoms with Crippen LogP contribution in [0.15, 0.2) is 47.1 Å². The number of fused-ring (bicyclic) bond motifs is 3. The van der Waals surface area contributed by atoms with Gasteiger partial charge in [0.1, 0.15) is 11.8 Å². The number of furan rings is 1. The van der Waals surface area contributed by atoms with Crippen LogP contribution in [0.2, 0.25) is 0 Å². The van der Waals surface area contributed by atoms with Gasteiger partial charge in [-0.15, -0.1) is 0 Å². The first-order chi connectivity index (χ1) is 13.7. The molecule has 3 aromatic rings. The zero-order valence-electron chi connectivity index (χ0n) is 16.0. The van der Waals surface area contributed by atoms with Gasteiger partial charge in [-0.1, -0.05) is 25.5 Å². The zero-order valence-corrected chi connectivity index (χ0v) is 16.0. The number of nitrogens with zero attached hydrogens (tertiary/aromatic N) is 3. The average Bonchev–Trinajstić information content (AvgIpc) is 3.34. The van der Waals surface area contributed by atoms with Gasteiger partial charge in [0.25, 0.3) is 0 Å². The summed E-state index contributed by atoms with van der Waals surface area (Å²) in [6, 6.07) is 10.6. The Labute approximate surface area is 162 Å². The molecule has 2 atom stereocenters. The molecule has 0 bridgehead atoms. The van der Waals surface area contributed by atoms with Gasteiger partial charge in [0.05, 0.1) is 23.9 Å². The van der Waals surface area contributed by atoms with Gasteiger partial charge in [0.2, 0.25) is 11.9 Å². The van der Waals surface area contributed by atoms with Crippen molar-refractivity contribution in [1.29, 1.82) is 0 Å². The Morgan fingerprint density at radius 2 is 2.04 bits per heavy atom. The minimum absolute atomic E-state index is 0.208. The fourth-order valence-corrected chi connectivity index (χ4v) is 3.79. The third-order valence-corrected chi connectivity index (χ3v) is 5.06. The number of unbranched alkanes of at least 4 members (excludes halogenated alkanes) is 1. The molecule has 28 heavy (non-hydrogen) atoms. The van der Waals surface area contributed by atoms with Crippen molar-refractivity contribution >= 4 is 28.9 Å². The lowest BCUT2D eigenvalue weighted by Crippen LogP contribution is -2.50. The summed E-state index contributed by atoms with van der Waals surface area (Å²) in [6.45, 7) is 4.51. The van der Waals surface area contributed by atoms with E-state index in [4.69, 9.17) is 14.1 Å². The largest absolute Gasteiger partial charge is 0.467 e. The number of para-hydroxylation sites is 2. The quantitative estimate of drug-likeness (QED) is 0.482. The summed E-state index contributed by atoms with van der Waals surface area (Å²) >= 11 is 0. The number of anilines is 1. The van der Waals surface area contributed by atoms with Crippen molar-refractivity contribution in [3.63, 3.8) is 0 Å². The van der Waals surface area contributed by atoms with E-state index in [0.717, 1.165) is 23.9 Å². The number of benzene rings is 1. The second-order valence-electron chi connectivity index (χ2n) is 6.80. The first kappa shape index (κ1) is 18.3. The summed E-state index contributed by atoms with van der Waals surface area (Å²) < 4.78 is 12.9. The highest BCUT2D eigenvalue weighted by Gasteiger charge is 2.48. The van der Waals surface area contributed by atoms with Crippen LogP contribution in [0.1, 0.15) is 38.5 Å². The maximum Gasteiger partial charge on any atom is 0.321 e. The Balaban J connectivity index is 1.95. The van der Waals surface area contributed by atoms with Crippen molar-refractivity contribution in [3.8, 4) is 0 Å². The summed E-state index contributed by atoms with van der Waals surface area (Å²) in [4.78, 5) is 32.6. The zero-order chi connectivity index (χ0) is 19.7. The Morgan fingerprint density at radius 1 is 1.21 bits per heavy atom. The molecule has 146 valence electrons. The smallest absolute Gasteiger partial charge is 0.321 e. The van der Waals surface area contributed by atoms with Crippen molar-refractivity contribution in [3.05, 3.63) is 48.4 Å². The summed E-state index contributed by atoms with van der Waals surface area (Å²) in [6.07, 6.45) is 3.29. The van der Waals surface area contributed by atoms with Crippen LogP contribution in [0, 0.1) is 5.92 Å². The molecule has 0 N–H and O–H groups in total. The summed E-state index contributed by atoms with van der Waals surface area (Å²) in [5.41, 5.74) is 1.62. The summed E-state index contributed by atoms with van der Waals surface area (Å²) in [5.74, 6) is -0.782. The molecule has 7 heteroatoms. The second-order valence-corrected chi connectivity index (χ2v) is 6.80. The predicted octanol–water partition coefficient (Wildman–Crippen LogP) is 3.54. The van der Waals surface area contributed by atoms with Crippen molar-refractivity contribution in [2.24, 2.45) is 5.92 Å². The number of rotatable bonds is 6. The van der Waals surface area contributed by atoms with Crippen molar-refractivity contribution in [2.75, 3.05) is 18.1 Å². The van der Waals surface area contributed by atoms with E-state index in [1.165, 1.54) is 0 Å². The molecule has 3 heterocycles. The Kier molecular flexibility index (Phi) is 4.90. The van der Waals surface area contributed by atoms with Crippen LogP contribution in [-0.2, 0) is 14.3 Å². The molecular formula is C21H23N3O4. The maximum absolute atomic E-state index is 13.4. The lowest BCUT2D eigenvalue weighted by Gasteiger charge is -2.36. The van der Waals surface area contributed by atoms with Crippen LogP contribution in [0.4, 0.5) is 5.95 Å². The number of aromatic nitrogens is 2. The number of carbonyl (C=O) groups excluding carboxylic acids is 2. The number of hydrogen-bond donors (Lipinski definition) is 0. The number of imidazole rings is 1. The van der Waals surface area contributed by atoms with Gasteiger partial charge < -0.3 is 9.15 Å². The van der Waals surface area contributed by atoms with Gasteiger partial charge >= 0.3 is 5.97 Å². The van der Waals surface area contributed by atoms with Crippen LogP contribution >= 0.6 is 0 Å². The minimum Gasteiger partial charge on any atom is -0.467 e. The van der Waals surface area contributed by atoms with Crippen LogP contribution in [0.5, 0.6) is 0 Å². The molecule has 1 amide bonds. The Hall–Kier alpha value is -3.09. The number of hydrogen-bond acceptors (Lipinski definition) is 5. The lowest BCUT2D eigenvalue weighted by molar-refractivity contribution is -0.153. The number of carbonyl (C=O) groups is 2. The molecule has 1 aliphatic heterocycles. The molecule has 0 fully saturated rings. The van der Waals surface area contributed by atoms with E-state index in [2.05, 4.69) is 6.92 Å². The van der Waals surface area contributed by atoms with Crippen LogP contribution in [-0.4, -0.2) is 34.6 Å². The van der Waals surface area contributed by atoms with Crippen LogP contribution < -0.4 is 4.90 Å². The van der Waals surface area contributed by atoms with E-state index in [0.29, 0.717) is 18.3 Å². The molecule has 4 rings (SSSR count). The molecule has 0 saturated carbocycles. The Morgan fingerprint density at radius 3 is 2.75 bits per heavy atom. The standard InChI is InChI=1S/C21H23N3O4/c1-3-5-12-23-19(25)17(20(26)27-4-2)18(16-11-8-13-28-16)24-15-10-7-6-9-14(15)22-21(23)24/h6-11,13,17-18H,3-5,12H2,1-2H3/t17-,18-/m1/s1. The van der Waals surface area contributed by atoms with Gasteiger partial charge in [-0.3, -0.25) is 19.1 Å². The first-order valence-electron chi connectivity index (χ1n) is 9.65. The van der Waals surface area contributed by atoms with Gasteiger partial charge in [0.15, 0.2) is 5.92 Å². The fourth-order valence-electron chi connectivity index (χ4n) is 3.79. The normalized spacial score (nSPS) is 19.1. The highest BCUT2D eigenvalue weighted by atomic mass is 16.5. The van der Waals surface area contributed by atoms with E-state index in [1.54, 1.807) is 30.2 Å². The van der Waals surface area contributed by atoms with Gasteiger partial charge in [-0.05, 0) is 37.6 Å². The van der Waals surface area contributed by atoms with Crippen LogP contribution in [0.3, 0.4) is 0 Å². The molecule has 7 nitrogen and oxygen atoms in total. The molecule has 0 aliphatic carbocycles. The third-order valence-electron chi connectivity index (χ3n) is 5.06. The van der Waals surface area contributed by atoms with Crippen molar-refractivity contribution < 1.29 is 18.7 Å². The highest BCUT2D eigenvalue weighted by molar-refractivity contribution is 6.08. The van der Waals surface area contributed by atoms with E-state index in [9.17, 15) is 9.59 Å². The molecule has 0 unspecified atom stereocenters. The fraction of sp³-hybridized carbons (Fsp3) is 0.381. The Bertz CT molecular complexity index is 992. The summed E-state index contributed by atoms with van der Waals surface area (Å²) in [7, 11) is 0. The van der Waals surface area contributed by atoms with E-state index in [1.807, 2.05) is 28.8 Å². The van der Waals surface area contributed by atoms with E-state index >= 15 is 0 Å². The topological polar surface area (TPSA) is 77.6 Å². The minimum atomic E-state index is -1.02. The second kappa shape index (κ2) is 7.50. The van der Waals surface area contributed by atoms with Crippen LogP contribution in [0.25, 0.3) is 11.0 Å². The van der Waals surface area contributed by atoms with E-state index in [-0.39, 0.29) is 12.5 Å². The summed E-state index contributed by atoms with van der Waals surface area (Å²) in [5, 5.41) is 0.